The fraction of sp³-hybridized carbons (Fsp3) is 0.105. The lowest BCUT2D eigenvalue weighted by molar-refractivity contribution is 0.624. The van der Waals surface area contributed by atoms with Gasteiger partial charge in [0.2, 0.25) is 0 Å². The molecule has 0 saturated carbocycles. The number of thiophene rings is 1. The molecule has 0 bridgehead atoms. The van der Waals surface area contributed by atoms with E-state index in [9.17, 15) is 0 Å². The number of aliphatic imine (C=N–C) groups is 1. The summed E-state index contributed by atoms with van der Waals surface area (Å²) in [5.74, 6) is 1.60. The monoisotopic (exact) mass is 332 g/mol. The van der Waals surface area contributed by atoms with E-state index in [1.165, 1.54) is 4.70 Å². The SMILES string of the molecule is CN(C)C(=Nc1ncnc2c1sc1ccccc12)c1ccccc1. The minimum Gasteiger partial charge on any atom is -0.362 e. The molecular weight excluding hydrogens is 316 g/mol. The van der Waals surface area contributed by atoms with E-state index in [0.29, 0.717) is 5.82 Å². The van der Waals surface area contributed by atoms with Gasteiger partial charge in [-0.1, -0.05) is 48.5 Å². The van der Waals surface area contributed by atoms with Gasteiger partial charge in [-0.3, -0.25) is 0 Å². The topological polar surface area (TPSA) is 41.4 Å². The van der Waals surface area contributed by atoms with E-state index in [4.69, 9.17) is 4.99 Å². The predicted molar refractivity (Wildman–Crippen MR) is 101 cm³/mol. The minimum absolute atomic E-state index is 0.716. The van der Waals surface area contributed by atoms with Crippen molar-refractivity contribution in [2.75, 3.05) is 14.1 Å². The average molecular weight is 332 g/mol. The van der Waals surface area contributed by atoms with Gasteiger partial charge in [0, 0.05) is 29.7 Å². The van der Waals surface area contributed by atoms with E-state index in [2.05, 4.69) is 34.2 Å². The molecule has 0 radical (unpaired) electrons. The molecule has 24 heavy (non-hydrogen) atoms. The molecule has 0 N–H and O–H groups in total. The van der Waals surface area contributed by atoms with E-state index in [1.54, 1.807) is 17.7 Å². The van der Waals surface area contributed by atoms with Crippen molar-refractivity contribution in [3.05, 3.63) is 66.5 Å². The summed E-state index contributed by atoms with van der Waals surface area (Å²) in [6.45, 7) is 0. The minimum atomic E-state index is 0.716. The second-order valence-electron chi connectivity index (χ2n) is 5.67. The molecule has 2 aromatic carbocycles. The molecule has 0 aliphatic rings. The number of fused-ring (bicyclic) bond motifs is 3. The van der Waals surface area contributed by atoms with Gasteiger partial charge in [-0.15, -0.1) is 11.3 Å². The largest absolute Gasteiger partial charge is 0.362 e. The van der Waals surface area contributed by atoms with E-state index in [-0.39, 0.29) is 0 Å². The molecule has 4 nitrogen and oxygen atoms in total. The first kappa shape index (κ1) is 14.8. The third-order valence-corrected chi connectivity index (χ3v) is 4.96. The third kappa shape index (κ3) is 2.53. The van der Waals surface area contributed by atoms with Crippen molar-refractivity contribution < 1.29 is 0 Å². The number of rotatable bonds is 2. The van der Waals surface area contributed by atoms with Crippen LogP contribution in [-0.4, -0.2) is 34.8 Å². The van der Waals surface area contributed by atoms with E-state index in [1.807, 2.05) is 49.3 Å². The highest BCUT2D eigenvalue weighted by molar-refractivity contribution is 7.26. The maximum atomic E-state index is 4.85. The van der Waals surface area contributed by atoms with Crippen molar-refractivity contribution in [3.8, 4) is 0 Å². The zero-order valence-corrected chi connectivity index (χ0v) is 14.3. The van der Waals surface area contributed by atoms with Crippen molar-refractivity contribution in [1.82, 2.24) is 14.9 Å². The highest BCUT2D eigenvalue weighted by atomic mass is 32.1. The van der Waals surface area contributed by atoms with Gasteiger partial charge < -0.3 is 4.90 Å². The smallest absolute Gasteiger partial charge is 0.175 e. The molecule has 0 amide bonds. The lowest BCUT2D eigenvalue weighted by Crippen LogP contribution is -2.22. The molecule has 0 atom stereocenters. The Labute approximate surface area is 144 Å². The number of amidine groups is 1. The standard InChI is InChI=1S/C19H16N4S/c1-23(2)19(13-8-4-3-5-9-13)22-18-17-16(20-12-21-18)14-10-6-7-11-15(14)24-17/h3-12H,1-2H3. The zero-order chi connectivity index (χ0) is 16.5. The van der Waals surface area contributed by atoms with Crippen molar-refractivity contribution >= 4 is 43.3 Å². The Bertz CT molecular complexity index is 1040. The maximum absolute atomic E-state index is 4.85. The fourth-order valence-corrected chi connectivity index (χ4v) is 3.79. The summed E-state index contributed by atoms with van der Waals surface area (Å²) >= 11 is 1.69. The Kier molecular flexibility index (Phi) is 3.70. The zero-order valence-electron chi connectivity index (χ0n) is 13.5. The molecule has 4 aromatic rings. The van der Waals surface area contributed by atoms with E-state index < -0.39 is 0 Å². The van der Waals surface area contributed by atoms with Crippen molar-refractivity contribution in [1.29, 1.82) is 0 Å². The second kappa shape index (κ2) is 6.02. The maximum Gasteiger partial charge on any atom is 0.175 e. The highest BCUT2D eigenvalue weighted by Crippen LogP contribution is 2.36. The van der Waals surface area contributed by atoms with Gasteiger partial charge in [0.05, 0.1) is 10.2 Å². The summed E-state index contributed by atoms with van der Waals surface area (Å²) in [6.07, 6.45) is 1.60. The fourth-order valence-electron chi connectivity index (χ4n) is 2.70. The molecule has 0 saturated heterocycles. The Morgan fingerprint density at radius 2 is 1.71 bits per heavy atom. The molecule has 5 heteroatoms. The number of hydrogen-bond acceptors (Lipinski definition) is 4. The van der Waals surface area contributed by atoms with Crippen LogP contribution in [-0.2, 0) is 0 Å². The molecule has 0 spiro atoms. The molecule has 0 aliphatic heterocycles. The summed E-state index contributed by atoms with van der Waals surface area (Å²) in [7, 11) is 3.99. The molecule has 2 heterocycles. The molecular formula is C19H16N4S. The van der Waals surface area contributed by atoms with Crippen LogP contribution in [0.25, 0.3) is 20.3 Å². The normalized spacial score (nSPS) is 12.0. The molecule has 0 fully saturated rings. The van der Waals surface area contributed by atoms with Crippen LogP contribution >= 0.6 is 11.3 Å². The van der Waals surface area contributed by atoms with Crippen LogP contribution in [0.1, 0.15) is 5.56 Å². The third-order valence-electron chi connectivity index (χ3n) is 3.81. The van der Waals surface area contributed by atoms with Crippen LogP contribution in [0, 0.1) is 0 Å². The van der Waals surface area contributed by atoms with Crippen molar-refractivity contribution in [2.24, 2.45) is 4.99 Å². The van der Waals surface area contributed by atoms with Crippen molar-refractivity contribution in [3.63, 3.8) is 0 Å². The number of hydrogen-bond donors (Lipinski definition) is 0. The highest BCUT2D eigenvalue weighted by Gasteiger charge is 2.13. The summed E-state index contributed by atoms with van der Waals surface area (Å²) in [6, 6.07) is 18.4. The molecule has 2 aromatic heterocycles. The first-order valence-corrected chi connectivity index (χ1v) is 8.49. The van der Waals surface area contributed by atoms with Gasteiger partial charge in [0.25, 0.3) is 0 Å². The van der Waals surface area contributed by atoms with Crippen LogP contribution in [0.15, 0.2) is 65.9 Å². The quantitative estimate of drug-likeness (QED) is 0.401. The second-order valence-corrected chi connectivity index (χ2v) is 6.72. The van der Waals surface area contributed by atoms with Gasteiger partial charge in [0.15, 0.2) is 5.82 Å². The van der Waals surface area contributed by atoms with E-state index in [0.717, 1.165) is 27.0 Å². The van der Waals surface area contributed by atoms with Gasteiger partial charge >= 0.3 is 0 Å². The first-order chi connectivity index (χ1) is 11.7. The van der Waals surface area contributed by atoms with Gasteiger partial charge in [-0.05, 0) is 6.07 Å². The number of benzene rings is 2. The number of nitrogens with zero attached hydrogens (tertiary/aromatic N) is 4. The van der Waals surface area contributed by atoms with Crippen LogP contribution in [0.5, 0.6) is 0 Å². The molecule has 0 aliphatic carbocycles. The summed E-state index contributed by atoms with van der Waals surface area (Å²) in [5, 5.41) is 1.16. The molecule has 118 valence electrons. The van der Waals surface area contributed by atoms with Gasteiger partial charge in [0.1, 0.15) is 12.2 Å². The van der Waals surface area contributed by atoms with Crippen LogP contribution < -0.4 is 0 Å². The predicted octanol–water partition coefficient (Wildman–Crippen LogP) is 4.48. The lowest BCUT2D eigenvalue weighted by atomic mass is 10.2. The number of aromatic nitrogens is 2. The average Bonchev–Trinajstić information content (AvgIpc) is 2.99. The van der Waals surface area contributed by atoms with Crippen LogP contribution in [0.4, 0.5) is 5.82 Å². The Morgan fingerprint density at radius 1 is 0.958 bits per heavy atom. The Balaban J connectivity index is 1.95. The van der Waals surface area contributed by atoms with Gasteiger partial charge in [-0.25, -0.2) is 15.0 Å². The Hall–Kier alpha value is -2.79. The van der Waals surface area contributed by atoms with Crippen LogP contribution in [0.3, 0.4) is 0 Å². The van der Waals surface area contributed by atoms with Crippen LogP contribution in [0.2, 0.25) is 0 Å². The van der Waals surface area contributed by atoms with Gasteiger partial charge in [-0.2, -0.15) is 0 Å². The summed E-state index contributed by atoms with van der Waals surface area (Å²) in [5.41, 5.74) is 2.03. The molecule has 4 rings (SSSR count). The lowest BCUT2D eigenvalue weighted by Gasteiger charge is -2.15. The van der Waals surface area contributed by atoms with E-state index >= 15 is 0 Å². The first-order valence-electron chi connectivity index (χ1n) is 7.68. The molecule has 0 unspecified atom stereocenters. The summed E-state index contributed by atoms with van der Waals surface area (Å²) in [4.78, 5) is 15.8. The summed E-state index contributed by atoms with van der Waals surface area (Å²) < 4.78 is 2.23. The Morgan fingerprint density at radius 3 is 2.50 bits per heavy atom. The van der Waals surface area contributed by atoms with Crippen molar-refractivity contribution in [2.45, 2.75) is 0 Å².